The fourth-order valence-electron chi connectivity index (χ4n) is 2.10. The summed E-state index contributed by atoms with van der Waals surface area (Å²) >= 11 is 0. The molecule has 1 aromatic heterocycles. The molecule has 102 valence electrons. The minimum Gasteiger partial charge on any atom is -0.267 e. The Morgan fingerprint density at radius 1 is 1.05 bits per heavy atom. The van der Waals surface area contributed by atoms with Gasteiger partial charge in [0.15, 0.2) is 0 Å². The second kappa shape index (κ2) is 4.19. The van der Waals surface area contributed by atoms with E-state index in [0.29, 0.717) is 0 Å². The molecule has 0 fully saturated rings. The fraction of sp³-hybridized carbons (Fsp3) is 0.500. The molecule has 19 heavy (non-hydrogen) atoms. The van der Waals surface area contributed by atoms with Crippen molar-refractivity contribution in [1.82, 2.24) is 9.78 Å². The number of hydrogen-bond acceptors (Lipinski definition) is 2. The molecule has 3 heteroatoms. The molecule has 0 aliphatic heterocycles. The molecule has 0 N–H and O–H groups in total. The SMILES string of the molecule is CC(C)(C)c1ccc2c(=O)n(C(C)(C)C)ncc2c1. The first-order valence-corrected chi connectivity index (χ1v) is 6.64. The van der Waals surface area contributed by atoms with Crippen LogP contribution < -0.4 is 5.56 Å². The van der Waals surface area contributed by atoms with Gasteiger partial charge in [0.25, 0.3) is 5.56 Å². The quantitative estimate of drug-likeness (QED) is 0.725. The average Bonchev–Trinajstić information content (AvgIpc) is 2.26. The van der Waals surface area contributed by atoms with Gasteiger partial charge >= 0.3 is 0 Å². The third kappa shape index (κ3) is 2.55. The number of hydrogen-bond donors (Lipinski definition) is 0. The maximum absolute atomic E-state index is 12.4. The monoisotopic (exact) mass is 258 g/mol. The summed E-state index contributed by atoms with van der Waals surface area (Å²) in [4.78, 5) is 12.4. The van der Waals surface area contributed by atoms with Crippen molar-refractivity contribution in [2.45, 2.75) is 52.5 Å². The highest BCUT2D eigenvalue weighted by Gasteiger charge is 2.19. The second-order valence-corrected chi connectivity index (χ2v) is 7.08. The maximum atomic E-state index is 12.4. The largest absolute Gasteiger partial charge is 0.275 e. The topological polar surface area (TPSA) is 34.9 Å². The van der Waals surface area contributed by atoms with Crippen LogP contribution in [0.5, 0.6) is 0 Å². The lowest BCUT2D eigenvalue weighted by Gasteiger charge is -2.22. The Morgan fingerprint density at radius 2 is 1.68 bits per heavy atom. The number of aromatic nitrogens is 2. The third-order valence-electron chi connectivity index (χ3n) is 3.29. The fourth-order valence-corrected chi connectivity index (χ4v) is 2.10. The van der Waals surface area contributed by atoms with Crippen molar-refractivity contribution in [3.8, 4) is 0 Å². The molecule has 0 bridgehead atoms. The Bertz CT molecular complexity index is 670. The van der Waals surface area contributed by atoms with E-state index >= 15 is 0 Å². The van der Waals surface area contributed by atoms with Crippen LogP contribution in [0.15, 0.2) is 29.2 Å². The van der Waals surface area contributed by atoms with Crippen molar-refractivity contribution >= 4 is 10.8 Å². The summed E-state index contributed by atoms with van der Waals surface area (Å²) in [6.07, 6.45) is 1.79. The van der Waals surface area contributed by atoms with E-state index in [1.54, 1.807) is 10.9 Å². The molecule has 1 heterocycles. The molecular formula is C16H22N2O. The van der Waals surface area contributed by atoms with E-state index in [0.717, 1.165) is 10.8 Å². The summed E-state index contributed by atoms with van der Waals surface area (Å²) in [5.41, 5.74) is 0.973. The van der Waals surface area contributed by atoms with Crippen molar-refractivity contribution in [3.05, 3.63) is 40.3 Å². The standard InChI is InChI=1S/C16H22N2O/c1-15(2,3)12-7-8-13-11(9-12)10-17-18(14(13)19)16(4,5)6/h7-10H,1-6H3. The highest BCUT2D eigenvalue weighted by molar-refractivity contribution is 5.81. The van der Waals surface area contributed by atoms with Gasteiger partial charge in [-0.3, -0.25) is 4.79 Å². The van der Waals surface area contributed by atoms with E-state index in [9.17, 15) is 4.79 Å². The van der Waals surface area contributed by atoms with E-state index in [1.165, 1.54) is 5.56 Å². The summed E-state index contributed by atoms with van der Waals surface area (Å²) in [6, 6.07) is 6.02. The smallest absolute Gasteiger partial charge is 0.267 e. The van der Waals surface area contributed by atoms with Crippen LogP contribution in [0.4, 0.5) is 0 Å². The molecule has 2 rings (SSSR count). The predicted molar refractivity (Wildman–Crippen MR) is 79.7 cm³/mol. The van der Waals surface area contributed by atoms with Crippen molar-refractivity contribution in [3.63, 3.8) is 0 Å². The number of rotatable bonds is 0. The molecule has 0 amide bonds. The summed E-state index contributed by atoms with van der Waals surface area (Å²) in [7, 11) is 0. The van der Waals surface area contributed by atoms with Gasteiger partial charge in [0.2, 0.25) is 0 Å². The van der Waals surface area contributed by atoms with Gasteiger partial charge in [0, 0.05) is 5.39 Å². The Balaban J connectivity index is 2.71. The van der Waals surface area contributed by atoms with Crippen LogP contribution >= 0.6 is 0 Å². The summed E-state index contributed by atoms with van der Waals surface area (Å²) in [5.74, 6) is 0. The van der Waals surface area contributed by atoms with E-state index < -0.39 is 0 Å². The zero-order chi connectivity index (χ0) is 14.4. The van der Waals surface area contributed by atoms with E-state index in [4.69, 9.17) is 0 Å². The van der Waals surface area contributed by atoms with Gasteiger partial charge < -0.3 is 0 Å². The van der Waals surface area contributed by atoms with Crippen LogP contribution in [0.1, 0.15) is 47.1 Å². The molecule has 0 aliphatic carbocycles. The van der Waals surface area contributed by atoms with Gasteiger partial charge in [-0.1, -0.05) is 26.8 Å². The molecular weight excluding hydrogens is 236 g/mol. The van der Waals surface area contributed by atoms with Crippen LogP contribution in [0.25, 0.3) is 10.8 Å². The minimum absolute atomic E-state index is 0.0227. The van der Waals surface area contributed by atoms with E-state index in [1.807, 2.05) is 32.9 Å². The van der Waals surface area contributed by atoms with Crippen LogP contribution in [0.2, 0.25) is 0 Å². The van der Waals surface area contributed by atoms with Gasteiger partial charge in [0.05, 0.1) is 17.1 Å². The lowest BCUT2D eigenvalue weighted by atomic mass is 9.86. The zero-order valence-electron chi connectivity index (χ0n) is 12.6. The normalized spacial score (nSPS) is 12.9. The first kappa shape index (κ1) is 13.8. The van der Waals surface area contributed by atoms with E-state index in [2.05, 4.69) is 31.9 Å². The van der Waals surface area contributed by atoms with E-state index in [-0.39, 0.29) is 16.5 Å². The van der Waals surface area contributed by atoms with Gasteiger partial charge in [-0.2, -0.15) is 5.10 Å². The Hall–Kier alpha value is -1.64. The summed E-state index contributed by atoms with van der Waals surface area (Å²) < 4.78 is 1.55. The molecule has 0 atom stereocenters. The van der Waals surface area contributed by atoms with Gasteiger partial charge in [-0.25, -0.2) is 4.68 Å². The zero-order valence-corrected chi connectivity index (χ0v) is 12.6. The first-order chi connectivity index (χ1) is 8.60. The minimum atomic E-state index is -0.298. The molecule has 2 aromatic rings. The highest BCUT2D eigenvalue weighted by atomic mass is 16.1. The van der Waals surface area contributed by atoms with Crippen molar-refractivity contribution in [2.24, 2.45) is 0 Å². The number of nitrogens with zero attached hydrogens (tertiary/aromatic N) is 2. The van der Waals surface area contributed by atoms with Gasteiger partial charge in [-0.05, 0) is 43.9 Å². The molecule has 0 spiro atoms. The van der Waals surface area contributed by atoms with Crippen LogP contribution in [0, 0.1) is 0 Å². The summed E-state index contributed by atoms with van der Waals surface area (Å²) in [6.45, 7) is 12.4. The molecule has 3 nitrogen and oxygen atoms in total. The van der Waals surface area contributed by atoms with Crippen LogP contribution in [-0.2, 0) is 11.0 Å². The second-order valence-electron chi connectivity index (χ2n) is 7.08. The van der Waals surface area contributed by atoms with Crippen LogP contribution in [-0.4, -0.2) is 9.78 Å². The van der Waals surface area contributed by atoms with Gasteiger partial charge in [0.1, 0.15) is 0 Å². The molecule has 0 unspecified atom stereocenters. The number of benzene rings is 1. The van der Waals surface area contributed by atoms with Crippen LogP contribution in [0.3, 0.4) is 0 Å². The number of fused-ring (bicyclic) bond motifs is 1. The van der Waals surface area contributed by atoms with Crippen molar-refractivity contribution < 1.29 is 0 Å². The lowest BCUT2D eigenvalue weighted by Crippen LogP contribution is -2.35. The lowest BCUT2D eigenvalue weighted by molar-refractivity contribution is 0.340. The molecule has 1 aromatic carbocycles. The van der Waals surface area contributed by atoms with Crippen molar-refractivity contribution in [1.29, 1.82) is 0 Å². The Kier molecular flexibility index (Phi) is 3.04. The molecule has 0 aliphatic rings. The first-order valence-electron chi connectivity index (χ1n) is 6.64. The highest BCUT2D eigenvalue weighted by Crippen LogP contribution is 2.25. The van der Waals surface area contributed by atoms with Crippen molar-refractivity contribution in [2.75, 3.05) is 0 Å². The van der Waals surface area contributed by atoms with Gasteiger partial charge in [-0.15, -0.1) is 0 Å². The Morgan fingerprint density at radius 3 is 2.21 bits per heavy atom. The molecule has 0 saturated heterocycles. The summed E-state index contributed by atoms with van der Waals surface area (Å²) in [5, 5.41) is 5.95. The predicted octanol–water partition coefficient (Wildman–Crippen LogP) is 3.45. The molecule has 0 saturated carbocycles. The maximum Gasteiger partial charge on any atom is 0.275 e. The third-order valence-corrected chi connectivity index (χ3v) is 3.29. The molecule has 0 radical (unpaired) electrons. The Labute approximate surface area is 114 Å². The average molecular weight is 258 g/mol.